The van der Waals surface area contributed by atoms with E-state index in [2.05, 4.69) is 32.7 Å². The van der Waals surface area contributed by atoms with Gasteiger partial charge in [0.25, 0.3) is 5.91 Å². The van der Waals surface area contributed by atoms with Crippen LogP contribution < -0.4 is 15.4 Å². The molecule has 1 heterocycles. The van der Waals surface area contributed by atoms with Crippen molar-refractivity contribution in [1.82, 2.24) is 20.5 Å². The Morgan fingerprint density at radius 1 is 1.20 bits per heavy atom. The lowest BCUT2D eigenvalue weighted by Gasteiger charge is -2.07. The fourth-order valence-corrected chi connectivity index (χ4v) is 3.17. The summed E-state index contributed by atoms with van der Waals surface area (Å²) in [4.78, 5) is 29.0. The number of nitrogens with one attached hydrogen (secondary N) is 3. The number of anilines is 1. The molecule has 0 radical (unpaired) electrons. The minimum Gasteiger partial charge on any atom is -0.497 e. The van der Waals surface area contributed by atoms with E-state index >= 15 is 0 Å². The molecule has 2 unspecified atom stereocenters. The Kier molecular flexibility index (Phi) is 5.47. The number of nitrogens with zero attached hydrogens (tertiary/aromatic N) is 2. The third-order valence-corrected chi connectivity index (χ3v) is 5.13. The maximum absolute atomic E-state index is 12.5. The Morgan fingerprint density at radius 2 is 1.97 bits per heavy atom. The topological polar surface area (TPSA) is 109 Å². The summed E-state index contributed by atoms with van der Waals surface area (Å²) in [6.07, 6.45) is 0.918. The highest BCUT2D eigenvalue weighted by molar-refractivity contribution is 5.98. The van der Waals surface area contributed by atoms with E-state index in [4.69, 9.17) is 4.74 Å². The molecule has 3 N–H and O–H groups in total. The number of H-pyrrole nitrogens is 1. The Balaban J connectivity index is 1.35. The molecule has 1 fully saturated rings. The van der Waals surface area contributed by atoms with Gasteiger partial charge in [0.2, 0.25) is 5.91 Å². The summed E-state index contributed by atoms with van der Waals surface area (Å²) < 4.78 is 5.15. The van der Waals surface area contributed by atoms with Crippen LogP contribution in [-0.4, -0.2) is 34.1 Å². The highest BCUT2D eigenvalue weighted by Crippen LogP contribution is 2.38. The SMILES string of the molecule is COc1ccc(-c2n[nH]c(CNC(=O)c3cccc(NC(=O)C4CC4C)c3)n2)cc1. The third-order valence-electron chi connectivity index (χ3n) is 5.13. The van der Waals surface area contributed by atoms with Gasteiger partial charge in [-0.25, -0.2) is 4.98 Å². The molecule has 1 saturated carbocycles. The molecule has 4 rings (SSSR count). The number of aromatic amines is 1. The van der Waals surface area contributed by atoms with Crippen molar-refractivity contribution in [2.75, 3.05) is 12.4 Å². The van der Waals surface area contributed by atoms with Gasteiger partial charge in [0.05, 0.1) is 13.7 Å². The van der Waals surface area contributed by atoms with Gasteiger partial charge in [-0.1, -0.05) is 13.0 Å². The van der Waals surface area contributed by atoms with Gasteiger partial charge in [0.15, 0.2) is 5.82 Å². The first-order valence-corrected chi connectivity index (χ1v) is 9.78. The molecular formula is C22H23N5O3. The van der Waals surface area contributed by atoms with Crippen LogP contribution in [0.25, 0.3) is 11.4 Å². The average molecular weight is 405 g/mol. The second kappa shape index (κ2) is 8.36. The first kappa shape index (κ1) is 19.6. The van der Waals surface area contributed by atoms with E-state index in [1.54, 1.807) is 31.4 Å². The van der Waals surface area contributed by atoms with E-state index < -0.39 is 0 Å². The molecule has 154 valence electrons. The van der Waals surface area contributed by atoms with Gasteiger partial charge >= 0.3 is 0 Å². The largest absolute Gasteiger partial charge is 0.497 e. The van der Waals surface area contributed by atoms with E-state index in [-0.39, 0.29) is 24.3 Å². The molecule has 0 aliphatic heterocycles. The van der Waals surface area contributed by atoms with Gasteiger partial charge in [-0.3, -0.25) is 14.7 Å². The van der Waals surface area contributed by atoms with Crippen LogP contribution in [0.5, 0.6) is 5.75 Å². The Labute approximate surface area is 174 Å². The van der Waals surface area contributed by atoms with Gasteiger partial charge in [-0.05, 0) is 54.8 Å². The van der Waals surface area contributed by atoms with Crippen LogP contribution in [0.15, 0.2) is 48.5 Å². The average Bonchev–Trinajstić information content (AvgIpc) is 3.32. The van der Waals surface area contributed by atoms with Crippen LogP contribution in [0.3, 0.4) is 0 Å². The fourth-order valence-electron chi connectivity index (χ4n) is 3.17. The van der Waals surface area contributed by atoms with E-state index in [1.807, 2.05) is 24.3 Å². The van der Waals surface area contributed by atoms with Gasteiger partial charge in [0, 0.05) is 22.7 Å². The van der Waals surface area contributed by atoms with Gasteiger partial charge in [-0.2, -0.15) is 5.10 Å². The Bertz CT molecular complexity index is 1060. The van der Waals surface area contributed by atoms with Crippen molar-refractivity contribution < 1.29 is 14.3 Å². The number of amides is 2. The first-order valence-electron chi connectivity index (χ1n) is 9.78. The first-order chi connectivity index (χ1) is 14.5. The summed E-state index contributed by atoms with van der Waals surface area (Å²) in [5, 5.41) is 12.7. The predicted molar refractivity (Wildman–Crippen MR) is 112 cm³/mol. The predicted octanol–water partition coefficient (Wildman–Crippen LogP) is 3.00. The second-order valence-electron chi connectivity index (χ2n) is 7.41. The number of hydrogen-bond acceptors (Lipinski definition) is 5. The molecule has 2 aromatic carbocycles. The van der Waals surface area contributed by atoms with Gasteiger partial charge < -0.3 is 15.4 Å². The smallest absolute Gasteiger partial charge is 0.251 e. The summed E-state index contributed by atoms with van der Waals surface area (Å²) in [6.45, 7) is 2.26. The monoisotopic (exact) mass is 405 g/mol. The van der Waals surface area contributed by atoms with Crippen LogP contribution >= 0.6 is 0 Å². The molecule has 1 aromatic heterocycles. The zero-order valence-electron chi connectivity index (χ0n) is 16.8. The fraction of sp³-hybridized carbons (Fsp3) is 0.273. The summed E-state index contributed by atoms with van der Waals surface area (Å²) in [7, 11) is 1.61. The van der Waals surface area contributed by atoms with Crippen molar-refractivity contribution in [3.05, 3.63) is 59.9 Å². The van der Waals surface area contributed by atoms with Gasteiger partial charge in [-0.15, -0.1) is 0 Å². The number of carbonyl (C=O) groups is 2. The molecule has 2 amide bonds. The molecule has 2 atom stereocenters. The van der Waals surface area contributed by atoms with Crippen LogP contribution in [0.4, 0.5) is 5.69 Å². The van der Waals surface area contributed by atoms with Crippen LogP contribution in [0.1, 0.15) is 29.5 Å². The zero-order valence-corrected chi connectivity index (χ0v) is 16.8. The lowest BCUT2D eigenvalue weighted by molar-refractivity contribution is -0.117. The third kappa shape index (κ3) is 4.48. The van der Waals surface area contributed by atoms with E-state index in [0.29, 0.717) is 28.8 Å². The minimum absolute atomic E-state index is 0.00720. The lowest BCUT2D eigenvalue weighted by Crippen LogP contribution is -2.23. The molecular weight excluding hydrogens is 382 g/mol. The normalized spacial score (nSPS) is 17.3. The zero-order chi connectivity index (χ0) is 21.1. The molecule has 0 spiro atoms. The molecule has 1 aliphatic carbocycles. The number of rotatable bonds is 7. The number of ether oxygens (including phenoxy) is 1. The molecule has 1 aliphatic rings. The quantitative estimate of drug-likeness (QED) is 0.560. The minimum atomic E-state index is -0.256. The standard InChI is InChI=1S/C22H23N5O3/c1-13-10-18(13)22(29)24-16-5-3-4-15(11-16)21(28)23-12-19-25-20(27-26-19)14-6-8-17(30-2)9-7-14/h3-9,11,13,18H,10,12H2,1-2H3,(H,23,28)(H,24,29)(H,25,26,27). The van der Waals surface area contributed by atoms with Crippen LogP contribution in [0, 0.1) is 11.8 Å². The summed E-state index contributed by atoms with van der Waals surface area (Å²) in [5.41, 5.74) is 1.93. The summed E-state index contributed by atoms with van der Waals surface area (Å²) in [6, 6.07) is 14.3. The molecule has 8 heteroatoms. The summed E-state index contributed by atoms with van der Waals surface area (Å²) in [5.74, 6) is 2.10. The highest BCUT2D eigenvalue weighted by atomic mass is 16.5. The Morgan fingerprint density at radius 3 is 2.67 bits per heavy atom. The van der Waals surface area contributed by atoms with Crippen molar-refractivity contribution in [3.63, 3.8) is 0 Å². The van der Waals surface area contributed by atoms with Crippen molar-refractivity contribution in [2.24, 2.45) is 11.8 Å². The number of hydrogen-bond donors (Lipinski definition) is 3. The maximum atomic E-state index is 12.5. The molecule has 8 nitrogen and oxygen atoms in total. The number of carbonyl (C=O) groups excluding carboxylic acids is 2. The number of methoxy groups -OCH3 is 1. The second-order valence-corrected chi connectivity index (χ2v) is 7.41. The van der Waals surface area contributed by atoms with Crippen molar-refractivity contribution in [3.8, 4) is 17.1 Å². The molecule has 0 bridgehead atoms. The highest BCUT2D eigenvalue weighted by Gasteiger charge is 2.39. The van der Waals surface area contributed by atoms with E-state index in [0.717, 1.165) is 17.7 Å². The molecule has 3 aromatic rings. The number of aromatic nitrogens is 3. The number of benzene rings is 2. The lowest BCUT2D eigenvalue weighted by atomic mass is 10.2. The maximum Gasteiger partial charge on any atom is 0.251 e. The van der Waals surface area contributed by atoms with E-state index in [1.165, 1.54) is 0 Å². The molecule has 0 saturated heterocycles. The summed E-state index contributed by atoms with van der Waals surface area (Å²) >= 11 is 0. The van der Waals surface area contributed by atoms with Crippen LogP contribution in [0.2, 0.25) is 0 Å². The van der Waals surface area contributed by atoms with E-state index in [9.17, 15) is 9.59 Å². The van der Waals surface area contributed by atoms with Crippen molar-refractivity contribution in [1.29, 1.82) is 0 Å². The van der Waals surface area contributed by atoms with Crippen molar-refractivity contribution >= 4 is 17.5 Å². The van der Waals surface area contributed by atoms with Crippen LogP contribution in [-0.2, 0) is 11.3 Å². The van der Waals surface area contributed by atoms with Gasteiger partial charge in [0.1, 0.15) is 11.6 Å². The Hall–Kier alpha value is -3.68. The van der Waals surface area contributed by atoms with Crippen molar-refractivity contribution in [2.45, 2.75) is 19.9 Å². The molecule has 30 heavy (non-hydrogen) atoms.